The van der Waals surface area contributed by atoms with E-state index in [4.69, 9.17) is 5.73 Å². The third-order valence-corrected chi connectivity index (χ3v) is 1.91. The average molecular weight is 197 g/mol. The second-order valence-corrected chi connectivity index (χ2v) is 3.01. The van der Waals surface area contributed by atoms with E-state index in [-0.39, 0.29) is 11.6 Å². The van der Waals surface area contributed by atoms with E-state index in [1.807, 2.05) is 0 Å². The number of carbonyl (C=O) groups is 1. The molecule has 1 rings (SSSR count). The molecule has 0 heterocycles. The van der Waals surface area contributed by atoms with Crippen LogP contribution >= 0.6 is 0 Å². The lowest BCUT2D eigenvalue weighted by atomic mass is 10.0. The van der Waals surface area contributed by atoms with Crippen molar-refractivity contribution in [1.29, 1.82) is 0 Å². The van der Waals surface area contributed by atoms with Gasteiger partial charge in [-0.15, -0.1) is 0 Å². The molecule has 1 aromatic rings. The van der Waals surface area contributed by atoms with Gasteiger partial charge in [0, 0.05) is 6.04 Å². The zero-order chi connectivity index (χ0) is 10.7. The maximum atomic E-state index is 12.9. The fourth-order valence-corrected chi connectivity index (χ4v) is 1.21. The zero-order valence-electron chi connectivity index (χ0n) is 8.08. The minimum atomic E-state index is -0.572. The highest BCUT2D eigenvalue weighted by atomic mass is 19.1. The summed E-state index contributed by atoms with van der Waals surface area (Å²) >= 11 is 0. The monoisotopic (exact) mass is 197 g/mol. The first-order valence-corrected chi connectivity index (χ1v) is 4.19. The van der Waals surface area contributed by atoms with Crippen LogP contribution in [0.4, 0.5) is 4.39 Å². The number of nitrogens with two attached hydrogens (primary N) is 1. The number of methoxy groups -OCH3 is 1. The van der Waals surface area contributed by atoms with E-state index >= 15 is 0 Å². The Labute approximate surface area is 81.7 Å². The Morgan fingerprint density at radius 1 is 1.57 bits per heavy atom. The van der Waals surface area contributed by atoms with Gasteiger partial charge in [0.2, 0.25) is 0 Å². The minimum Gasteiger partial charge on any atom is -0.465 e. The molecule has 76 valence electrons. The van der Waals surface area contributed by atoms with Gasteiger partial charge in [-0.25, -0.2) is 9.18 Å². The normalized spacial score (nSPS) is 12.3. The average Bonchev–Trinajstić information content (AvgIpc) is 2.16. The quantitative estimate of drug-likeness (QED) is 0.733. The van der Waals surface area contributed by atoms with Gasteiger partial charge in [0.15, 0.2) is 0 Å². The lowest BCUT2D eigenvalue weighted by Gasteiger charge is -2.10. The van der Waals surface area contributed by atoms with E-state index in [2.05, 4.69) is 4.74 Å². The number of halogens is 1. The van der Waals surface area contributed by atoms with E-state index in [0.717, 1.165) is 6.07 Å². The van der Waals surface area contributed by atoms with Crippen LogP contribution in [0.3, 0.4) is 0 Å². The fraction of sp³-hybridized carbons (Fsp3) is 0.300. The van der Waals surface area contributed by atoms with Gasteiger partial charge >= 0.3 is 5.97 Å². The molecule has 4 heteroatoms. The highest BCUT2D eigenvalue weighted by Gasteiger charge is 2.14. The van der Waals surface area contributed by atoms with Crippen molar-refractivity contribution >= 4 is 5.97 Å². The molecule has 0 saturated carbocycles. The molecule has 0 aliphatic rings. The number of esters is 1. The Hall–Kier alpha value is -1.42. The standard InChI is InChI=1S/C10H12FNO2/c1-6(12)8-4-3-7(11)5-9(8)10(13)14-2/h3-6H,12H2,1-2H3/t6-/m1/s1. The summed E-state index contributed by atoms with van der Waals surface area (Å²) < 4.78 is 17.4. The van der Waals surface area contributed by atoms with Gasteiger partial charge in [0.05, 0.1) is 12.7 Å². The van der Waals surface area contributed by atoms with Gasteiger partial charge in [0.25, 0.3) is 0 Å². The van der Waals surface area contributed by atoms with Gasteiger partial charge in [-0.3, -0.25) is 0 Å². The van der Waals surface area contributed by atoms with Crippen molar-refractivity contribution in [2.45, 2.75) is 13.0 Å². The third kappa shape index (κ3) is 2.09. The Morgan fingerprint density at radius 3 is 2.71 bits per heavy atom. The Morgan fingerprint density at radius 2 is 2.21 bits per heavy atom. The fourth-order valence-electron chi connectivity index (χ4n) is 1.21. The molecule has 1 aromatic carbocycles. The van der Waals surface area contributed by atoms with Crippen molar-refractivity contribution in [3.63, 3.8) is 0 Å². The van der Waals surface area contributed by atoms with Crippen LogP contribution < -0.4 is 5.73 Å². The van der Waals surface area contributed by atoms with Crippen molar-refractivity contribution in [3.05, 3.63) is 35.1 Å². The molecule has 0 aromatic heterocycles. The largest absolute Gasteiger partial charge is 0.465 e. The van der Waals surface area contributed by atoms with E-state index in [1.54, 1.807) is 6.92 Å². The van der Waals surface area contributed by atoms with Crippen molar-refractivity contribution in [3.8, 4) is 0 Å². The van der Waals surface area contributed by atoms with Gasteiger partial charge in [0.1, 0.15) is 5.82 Å². The summed E-state index contributed by atoms with van der Waals surface area (Å²) in [5, 5.41) is 0. The Kier molecular flexibility index (Phi) is 3.19. The molecule has 0 saturated heterocycles. The molecular weight excluding hydrogens is 185 g/mol. The number of benzene rings is 1. The summed E-state index contributed by atoms with van der Waals surface area (Å²) in [5.74, 6) is -1.05. The first-order valence-electron chi connectivity index (χ1n) is 4.19. The summed E-state index contributed by atoms with van der Waals surface area (Å²) in [6.45, 7) is 1.72. The SMILES string of the molecule is COC(=O)c1cc(F)ccc1[C@@H](C)N. The summed E-state index contributed by atoms with van der Waals surface area (Å²) in [6.07, 6.45) is 0. The number of hydrogen-bond acceptors (Lipinski definition) is 3. The molecule has 0 unspecified atom stereocenters. The van der Waals surface area contributed by atoms with Crippen molar-refractivity contribution in [1.82, 2.24) is 0 Å². The molecule has 3 nitrogen and oxygen atoms in total. The van der Waals surface area contributed by atoms with E-state index < -0.39 is 11.8 Å². The maximum absolute atomic E-state index is 12.9. The van der Waals surface area contributed by atoms with Crippen LogP contribution in [-0.4, -0.2) is 13.1 Å². The van der Waals surface area contributed by atoms with Crippen LogP contribution in [0.5, 0.6) is 0 Å². The highest BCUT2D eigenvalue weighted by Crippen LogP contribution is 2.18. The van der Waals surface area contributed by atoms with E-state index in [0.29, 0.717) is 5.56 Å². The van der Waals surface area contributed by atoms with Crippen molar-refractivity contribution in [2.75, 3.05) is 7.11 Å². The smallest absolute Gasteiger partial charge is 0.338 e. The summed E-state index contributed by atoms with van der Waals surface area (Å²) in [5.41, 5.74) is 6.39. The van der Waals surface area contributed by atoms with Crippen molar-refractivity contribution < 1.29 is 13.9 Å². The van der Waals surface area contributed by atoms with Gasteiger partial charge in [-0.2, -0.15) is 0 Å². The second-order valence-electron chi connectivity index (χ2n) is 3.01. The highest BCUT2D eigenvalue weighted by molar-refractivity contribution is 5.91. The molecule has 0 amide bonds. The lowest BCUT2D eigenvalue weighted by molar-refractivity contribution is 0.0598. The molecular formula is C10H12FNO2. The number of carbonyl (C=O) groups excluding carboxylic acids is 1. The molecule has 0 spiro atoms. The van der Waals surface area contributed by atoms with Crippen LogP contribution in [0.2, 0.25) is 0 Å². The number of ether oxygens (including phenoxy) is 1. The maximum Gasteiger partial charge on any atom is 0.338 e. The van der Waals surface area contributed by atoms with Crippen LogP contribution in [0.1, 0.15) is 28.9 Å². The summed E-state index contributed by atoms with van der Waals surface area (Å²) in [4.78, 5) is 11.2. The van der Waals surface area contributed by atoms with Gasteiger partial charge in [-0.1, -0.05) is 6.07 Å². The topological polar surface area (TPSA) is 52.3 Å². The Bertz CT molecular complexity index is 350. The molecule has 0 aliphatic heterocycles. The zero-order valence-corrected chi connectivity index (χ0v) is 8.08. The minimum absolute atomic E-state index is 0.183. The lowest BCUT2D eigenvalue weighted by Crippen LogP contribution is -2.13. The second kappa shape index (κ2) is 4.19. The third-order valence-electron chi connectivity index (χ3n) is 1.91. The summed E-state index contributed by atoms with van der Waals surface area (Å²) in [7, 11) is 1.25. The van der Waals surface area contributed by atoms with Crippen LogP contribution in [0.15, 0.2) is 18.2 Å². The molecule has 1 atom stereocenters. The van der Waals surface area contributed by atoms with Gasteiger partial charge in [-0.05, 0) is 24.6 Å². The first kappa shape index (κ1) is 10.7. The van der Waals surface area contributed by atoms with E-state index in [1.165, 1.54) is 19.2 Å². The first-order chi connectivity index (χ1) is 6.56. The molecule has 0 aliphatic carbocycles. The molecule has 0 fully saturated rings. The molecule has 0 radical (unpaired) electrons. The van der Waals surface area contributed by atoms with Crippen LogP contribution in [0.25, 0.3) is 0 Å². The predicted molar refractivity (Wildman–Crippen MR) is 50.3 cm³/mol. The molecule has 0 bridgehead atoms. The molecule has 14 heavy (non-hydrogen) atoms. The number of hydrogen-bond donors (Lipinski definition) is 1. The van der Waals surface area contributed by atoms with Gasteiger partial charge < -0.3 is 10.5 Å². The molecule has 2 N–H and O–H groups in total. The summed E-state index contributed by atoms with van der Waals surface area (Å²) in [6, 6.07) is 3.56. The van der Waals surface area contributed by atoms with Crippen molar-refractivity contribution in [2.24, 2.45) is 5.73 Å². The Balaban J connectivity index is 3.22. The number of rotatable bonds is 2. The van der Waals surface area contributed by atoms with Crippen LogP contribution in [0, 0.1) is 5.82 Å². The predicted octanol–water partition coefficient (Wildman–Crippen LogP) is 1.63. The van der Waals surface area contributed by atoms with Crippen LogP contribution in [-0.2, 0) is 4.74 Å². The van der Waals surface area contributed by atoms with E-state index in [9.17, 15) is 9.18 Å².